The average molecular weight is 326 g/mol. The van der Waals surface area contributed by atoms with Crippen molar-refractivity contribution in [2.45, 2.75) is 34.6 Å². The summed E-state index contributed by atoms with van der Waals surface area (Å²) in [6.45, 7) is 16.1. The van der Waals surface area contributed by atoms with E-state index in [-0.39, 0.29) is 11.9 Å². The molecule has 0 aromatic heterocycles. The van der Waals surface area contributed by atoms with E-state index in [4.69, 9.17) is 0 Å². The molecule has 134 valence electrons. The highest BCUT2D eigenvalue weighted by Gasteiger charge is 2.24. The zero-order chi connectivity index (χ0) is 17.4. The van der Waals surface area contributed by atoms with Crippen LogP contribution >= 0.6 is 0 Å². The van der Waals surface area contributed by atoms with Crippen molar-refractivity contribution in [3.63, 3.8) is 0 Å². The van der Waals surface area contributed by atoms with Gasteiger partial charge in [0.1, 0.15) is 0 Å². The SMILES string of the molecule is CCNC(=O)N1CCN(CC(=O)N(CC(C)C)CC(C)C)CC1. The summed E-state index contributed by atoms with van der Waals surface area (Å²) in [7, 11) is 0. The number of rotatable bonds is 7. The van der Waals surface area contributed by atoms with Crippen LogP contribution in [0.2, 0.25) is 0 Å². The number of carbonyl (C=O) groups excluding carboxylic acids is 2. The summed E-state index contributed by atoms with van der Waals surface area (Å²) in [5, 5.41) is 2.83. The molecule has 1 saturated heterocycles. The minimum atomic E-state index is -0.000261. The molecule has 0 saturated carbocycles. The zero-order valence-corrected chi connectivity index (χ0v) is 15.5. The fourth-order valence-corrected chi connectivity index (χ4v) is 2.82. The molecule has 0 aromatic carbocycles. The molecule has 23 heavy (non-hydrogen) atoms. The van der Waals surface area contributed by atoms with Crippen LogP contribution in [0, 0.1) is 11.8 Å². The number of hydrogen-bond donors (Lipinski definition) is 1. The Balaban J connectivity index is 2.46. The Bertz CT molecular complexity index is 367. The lowest BCUT2D eigenvalue weighted by atomic mass is 10.1. The van der Waals surface area contributed by atoms with Gasteiger partial charge in [-0.25, -0.2) is 4.79 Å². The van der Waals surface area contributed by atoms with Crippen molar-refractivity contribution in [3.05, 3.63) is 0 Å². The topological polar surface area (TPSA) is 55.9 Å². The molecule has 6 heteroatoms. The second kappa shape index (κ2) is 9.75. The lowest BCUT2D eigenvalue weighted by Gasteiger charge is -2.35. The quantitative estimate of drug-likeness (QED) is 0.771. The van der Waals surface area contributed by atoms with Crippen molar-refractivity contribution < 1.29 is 9.59 Å². The Morgan fingerprint density at radius 2 is 1.52 bits per heavy atom. The number of nitrogens with zero attached hydrogens (tertiary/aromatic N) is 3. The van der Waals surface area contributed by atoms with Gasteiger partial charge in [-0.05, 0) is 18.8 Å². The minimum absolute atomic E-state index is 0.000261. The van der Waals surface area contributed by atoms with Gasteiger partial charge in [-0.1, -0.05) is 27.7 Å². The summed E-state index contributed by atoms with van der Waals surface area (Å²) in [4.78, 5) is 30.4. The number of hydrogen-bond acceptors (Lipinski definition) is 3. The van der Waals surface area contributed by atoms with Gasteiger partial charge in [0, 0.05) is 45.8 Å². The van der Waals surface area contributed by atoms with Crippen LogP contribution in [0.5, 0.6) is 0 Å². The van der Waals surface area contributed by atoms with Gasteiger partial charge < -0.3 is 15.1 Å². The Morgan fingerprint density at radius 1 is 1.00 bits per heavy atom. The highest BCUT2D eigenvalue weighted by atomic mass is 16.2. The predicted octanol–water partition coefficient (Wildman–Crippen LogP) is 1.47. The Morgan fingerprint density at radius 3 is 1.96 bits per heavy atom. The van der Waals surface area contributed by atoms with Crippen LogP contribution in [-0.4, -0.2) is 79.0 Å². The molecule has 0 spiro atoms. The third-order valence-corrected chi connectivity index (χ3v) is 3.87. The van der Waals surface area contributed by atoms with E-state index in [1.54, 1.807) is 0 Å². The molecule has 1 rings (SSSR count). The molecule has 0 aromatic rings. The summed E-state index contributed by atoms with van der Waals surface area (Å²) in [6.07, 6.45) is 0. The van der Waals surface area contributed by atoms with E-state index in [0.717, 1.165) is 26.2 Å². The van der Waals surface area contributed by atoms with Gasteiger partial charge in [0.15, 0.2) is 0 Å². The number of carbonyl (C=O) groups is 2. The van der Waals surface area contributed by atoms with Crippen LogP contribution < -0.4 is 5.32 Å². The van der Waals surface area contributed by atoms with Gasteiger partial charge in [0.05, 0.1) is 6.54 Å². The molecule has 0 unspecified atom stereocenters. The summed E-state index contributed by atoms with van der Waals surface area (Å²) < 4.78 is 0. The van der Waals surface area contributed by atoms with Crippen molar-refractivity contribution in [2.75, 3.05) is 52.4 Å². The predicted molar refractivity (Wildman–Crippen MR) is 93.3 cm³/mol. The lowest BCUT2D eigenvalue weighted by molar-refractivity contribution is -0.133. The third-order valence-electron chi connectivity index (χ3n) is 3.87. The van der Waals surface area contributed by atoms with Gasteiger partial charge >= 0.3 is 6.03 Å². The fourth-order valence-electron chi connectivity index (χ4n) is 2.82. The summed E-state index contributed by atoms with van der Waals surface area (Å²) in [5.41, 5.74) is 0. The van der Waals surface area contributed by atoms with Crippen LogP contribution in [0.1, 0.15) is 34.6 Å². The monoisotopic (exact) mass is 326 g/mol. The summed E-state index contributed by atoms with van der Waals surface area (Å²) in [5.74, 6) is 1.17. The Labute approximate surface area is 141 Å². The van der Waals surface area contributed by atoms with Gasteiger partial charge in [0.2, 0.25) is 5.91 Å². The second-order valence-electron chi connectivity index (χ2n) is 7.19. The van der Waals surface area contributed by atoms with Crippen LogP contribution in [0.15, 0.2) is 0 Å². The molecule has 0 radical (unpaired) electrons. The van der Waals surface area contributed by atoms with Crippen LogP contribution in [-0.2, 0) is 4.79 Å². The summed E-state index contributed by atoms with van der Waals surface area (Å²) >= 11 is 0. The zero-order valence-electron chi connectivity index (χ0n) is 15.5. The van der Waals surface area contributed by atoms with E-state index < -0.39 is 0 Å². The van der Waals surface area contributed by atoms with Crippen molar-refractivity contribution >= 4 is 11.9 Å². The number of amides is 3. The molecule has 0 aliphatic carbocycles. The molecule has 1 aliphatic rings. The minimum Gasteiger partial charge on any atom is -0.341 e. The van der Waals surface area contributed by atoms with Crippen LogP contribution in [0.25, 0.3) is 0 Å². The Hall–Kier alpha value is -1.30. The van der Waals surface area contributed by atoms with Gasteiger partial charge in [-0.2, -0.15) is 0 Å². The molecule has 3 amide bonds. The normalized spacial score (nSPS) is 16.0. The van der Waals surface area contributed by atoms with E-state index >= 15 is 0 Å². The highest BCUT2D eigenvalue weighted by Crippen LogP contribution is 2.07. The van der Waals surface area contributed by atoms with Crippen LogP contribution in [0.4, 0.5) is 4.79 Å². The smallest absolute Gasteiger partial charge is 0.317 e. The van der Waals surface area contributed by atoms with E-state index in [9.17, 15) is 9.59 Å². The van der Waals surface area contributed by atoms with Crippen LogP contribution in [0.3, 0.4) is 0 Å². The maximum atomic E-state index is 12.6. The lowest BCUT2D eigenvalue weighted by Crippen LogP contribution is -2.54. The van der Waals surface area contributed by atoms with Crippen molar-refractivity contribution in [2.24, 2.45) is 11.8 Å². The van der Waals surface area contributed by atoms with Gasteiger partial charge in [-0.3, -0.25) is 9.69 Å². The first-order valence-electron chi connectivity index (χ1n) is 8.86. The van der Waals surface area contributed by atoms with Crippen molar-refractivity contribution in [3.8, 4) is 0 Å². The number of nitrogens with one attached hydrogen (secondary N) is 1. The van der Waals surface area contributed by atoms with Gasteiger partial charge in [0.25, 0.3) is 0 Å². The van der Waals surface area contributed by atoms with E-state index in [1.165, 1.54) is 0 Å². The maximum Gasteiger partial charge on any atom is 0.317 e. The second-order valence-corrected chi connectivity index (χ2v) is 7.19. The van der Waals surface area contributed by atoms with Gasteiger partial charge in [-0.15, -0.1) is 0 Å². The Kier molecular flexibility index (Phi) is 8.37. The molecule has 1 N–H and O–H groups in total. The molecular formula is C17H34N4O2. The number of urea groups is 1. The summed E-state index contributed by atoms with van der Waals surface area (Å²) in [6, 6.07) is -0.000261. The third kappa shape index (κ3) is 7.20. The molecular weight excluding hydrogens is 292 g/mol. The van der Waals surface area contributed by atoms with Crippen molar-refractivity contribution in [1.82, 2.24) is 20.0 Å². The first kappa shape index (κ1) is 19.7. The number of piperazine rings is 1. The molecule has 6 nitrogen and oxygen atoms in total. The molecule has 1 fully saturated rings. The molecule has 1 aliphatic heterocycles. The standard InChI is InChI=1S/C17H34N4O2/c1-6-18-17(23)20-9-7-19(8-10-20)13-16(22)21(11-14(2)3)12-15(4)5/h14-15H,6-13H2,1-5H3,(H,18,23). The molecule has 0 atom stereocenters. The average Bonchev–Trinajstić information content (AvgIpc) is 2.46. The first-order valence-corrected chi connectivity index (χ1v) is 8.86. The van der Waals surface area contributed by atoms with E-state index in [1.807, 2.05) is 16.7 Å². The fraction of sp³-hybridized carbons (Fsp3) is 0.882. The molecule has 1 heterocycles. The largest absolute Gasteiger partial charge is 0.341 e. The molecule has 0 bridgehead atoms. The van der Waals surface area contributed by atoms with E-state index in [0.29, 0.717) is 38.0 Å². The first-order chi connectivity index (χ1) is 10.8. The van der Waals surface area contributed by atoms with Crippen molar-refractivity contribution in [1.29, 1.82) is 0 Å². The highest BCUT2D eigenvalue weighted by molar-refractivity contribution is 5.78. The van der Waals surface area contributed by atoms with E-state index in [2.05, 4.69) is 37.9 Å². The maximum absolute atomic E-state index is 12.6.